The van der Waals surface area contributed by atoms with Crippen molar-refractivity contribution < 1.29 is 17.6 Å². The normalized spacial score (nSPS) is 11.4. The number of hydrogen-bond acceptors (Lipinski definition) is 4. The molecular formula is C19H24FN3O3S. The van der Waals surface area contributed by atoms with Crippen molar-refractivity contribution in [3.8, 4) is 0 Å². The minimum absolute atomic E-state index is 0.0231. The number of sulfonamides is 1. The van der Waals surface area contributed by atoms with Gasteiger partial charge in [0.1, 0.15) is 5.82 Å². The summed E-state index contributed by atoms with van der Waals surface area (Å²) >= 11 is 0. The highest BCUT2D eigenvalue weighted by molar-refractivity contribution is 7.92. The van der Waals surface area contributed by atoms with Crippen molar-refractivity contribution >= 4 is 21.6 Å². The molecule has 0 saturated heterocycles. The average molecular weight is 393 g/mol. The van der Waals surface area contributed by atoms with Gasteiger partial charge in [-0.15, -0.1) is 0 Å². The maximum Gasteiger partial charge on any atom is 0.261 e. The van der Waals surface area contributed by atoms with Crippen LogP contribution in [0.25, 0.3) is 0 Å². The van der Waals surface area contributed by atoms with Gasteiger partial charge in [-0.3, -0.25) is 9.52 Å². The van der Waals surface area contributed by atoms with Crippen molar-refractivity contribution in [2.24, 2.45) is 0 Å². The van der Waals surface area contributed by atoms with E-state index in [4.69, 9.17) is 0 Å². The molecule has 0 heterocycles. The minimum Gasteiger partial charge on any atom is -0.356 e. The van der Waals surface area contributed by atoms with Crippen LogP contribution in [0.4, 0.5) is 10.1 Å². The van der Waals surface area contributed by atoms with Crippen molar-refractivity contribution in [3.63, 3.8) is 0 Å². The number of hydrogen-bond donors (Lipinski definition) is 2. The molecule has 0 aromatic heterocycles. The molecule has 2 N–H and O–H groups in total. The van der Waals surface area contributed by atoms with E-state index in [2.05, 4.69) is 14.9 Å². The van der Waals surface area contributed by atoms with Gasteiger partial charge in [0.05, 0.1) is 11.3 Å². The Morgan fingerprint density at radius 3 is 2.26 bits per heavy atom. The summed E-state index contributed by atoms with van der Waals surface area (Å²) in [6.07, 6.45) is 1.11. The third kappa shape index (κ3) is 6.99. The third-order valence-electron chi connectivity index (χ3n) is 3.80. The molecule has 0 radical (unpaired) electrons. The number of benzene rings is 2. The molecule has 27 heavy (non-hydrogen) atoms. The zero-order chi connectivity index (χ0) is 19.9. The highest BCUT2D eigenvalue weighted by Gasteiger charge is 2.14. The molecule has 8 heteroatoms. The summed E-state index contributed by atoms with van der Waals surface area (Å²) in [6, 6.07) is 11.2. The average Bonchev–Trinajstić information content (AvgIpc) is 2.60. The van der Waals surface area contributed by atoms with Crippen molar-refractivity contribution in [3.05, 3.63) is 59.9 Å². The highest BCUT2D eigenvalue weighted by atomic mass is 32.2. The SMILES string of the molecule is CN(C)CCCNC(=O)Cc1ccc(NS(=O)(=O)c2ccc(F)cc2)cc1. The molecule has 0 saturated carbocycles. The van der Waals surface area contributed by atoms with Gasteiger partial charge in [-0.05, 0) is 69.0 Å². The van der Waals surface area contributed by atoms with Gasteiger partial charge in [0, 0.05) is 12.2 Å². The summed E-state index contributed by atoms with van der Waals surface area (Å²) in [5.74, 6) is -0.577. The van der Waals surface area contributed by atoms with Crippen LogP contribution >= 0.6 is 0 Å². The van der Waals surface area contributed by atoms with Gasteiger partial charge in [-0.25, -0.2) is 12.8 Å². The van der Waals surface area contributed by atoms with Gasteiger partial charge in [-0.1, -0.05) is 12.1 Å². The fourth-order valence-electron chi connectivity index (χ4n) is 2.39. The number of carbonyl (C=O) groups is 1. The Balaban J connectivity index is 1.89. The van der Waals surface area contributed by atoms with Gasteiger partial charge in [-0.2, -0.15) is 0 Å². The predicted octanol–water partition coefficient (Wildman–Crippen LogP) is 2.24. The Morgan fingerprint density at radius 2 is 1.67 bits per heavy atom. The van der Waals surface area contributed by atoms with Crippen molar-refractivity contribution in [2.45, 2.75) is 17.7 Å². The Bertz CT molecular complexity index is 851. The molecule has 0 atom stereocenters. The number of rotatable bonds is 9. The summed E-state index contributed by atoms with van der Waals surface area (Å²) in [6.45, 7) is 1.52. The van der Waals surface area contributed by atoms with Gasteiger partial charge < -0.3 is 10.2 Å². The second kappa shape index (κ2) is 9.48. The zero-order valence-corrected chi connectivity index (χ0v) is 16.2. The largest absolute Gasteiger partial charge is 0.356 e. The molecule has 0 aliphatic rings. The summed E-state index contributed by atoms with van der Waals surface area (Å²) in [5.41, 5.74) is 1.15. The van der Waals surface area contributed by atoms with E-state index in [9.17, 15) is 17.6 Å². The summed E-state index contributed by atoms with van der Waals surface area (Å²) < 4.78 is 39.9. The van der Waals surface area contributed by atoms with Gasteiger partial charge >= 0.3 is 0 Å². The van der Waals surface area contributed by atoms with Crippen LogP contribution in [0, 0.1) is 5.82 Å². The molecule has 2 rings (SSSR count). The lowest BCUT2D eigenvalue weighted by molar-refractivity contribution is -0.120. The molecule has 0 aliphatic carbocycles. The van der Waals surface area contributed by atoms with E-state index >= 15 is 0 Å². The van der Waals surface area contributed by atoms with Crippen LogP contribution in [-0.2, 0) is 21.2 Å². The van der Waals surface area contributed by atoms with Crippen LogP contribution in [0.1, 0.15) is 12.0 Å². The van der Waals surface area contributed by atoms with E-state index in [0.29, 0.717) is 12.2 Å². The summed E-state index contributed by atoms with van der Waals surface area (Å²) in [4.78, 5) is 13.9. The van der Waals surface area contributed by atoms with Gasteiger partial charge in [0.15, 0.2) is 0 Å². The predicted molar refractivity (Wildman–Crippen MR) is 104 cm³/mol. The first-order chi connectivity index (χ1) is 12.8. The number of nitrogens with zero attached hydrogens (tertiary/aromatic N) is 1. The van der Waals surface area contributed by atoms with Crippen molar-refractivity contribution in [2.75, 3.05) is 31.9 Å². The first-order valence-electron chi connectivity index (χ1n) is 8.55. The molecule has 0 aliphatic heterocycles. The molecule has 146 valence electrons. The molecule has 0 fully saturated rings. The zero-order valence-electron chi connectivity index (χ0n) is 15.4. The lowest BCUT2D eigenvalue weighted by Crippen LogP contribution is -2.28. The molecule has 6 nitrogen and oxygen atoms in total. The Hall–Kier alpha value is -2.45. The van der Waals surface area contributed by atoms with Crippen LogP contribution in [0.2, 0.25) is 0 Å². The maximum absolute atomic E-state index is 12.9. The van der Waals surface area contributed by atoms with Crippen molar-refractivity contribution in [1.29, 1.82) is 0 Å². The Kier molecular flexibility index (Phi) is 7.32. The molecule has 1 amide bonds. The third-order valence-corrected chi connectivity index (χ3v) is 5.20. The standard InChI is InChI=1S/C19H24FN3O3S/c1-23(2)13-3-12-21-19(24)14-15-4-8-17(9-5-15)22-27(25,26)18-10-6-16(20)7-11-18/h4-11,22H,3,12-14H2,1-2H3,(H,21,24). The molecule has 2 aromatic carbocycles. The summed E-state index contributed by atoms with van der Waals surface area (Å²) in [7, 11) is 0.172. The fraction of sp³-hybridized carbons (Fsp3) is 0.316. The van der Waals surface area contributed by atoms with E-state index in [1.807, 2.05) is 14.1 Å². The lowest BCUT2D eigenvalue weighted by Gasteiger charge is -2.10. The molecule has 0 spiro atoms. The topological polar surface area (TPSA) is 78.5 Å². The van der Waals surface area contributed by atoms with Gasteiger partial charge in [0.2, 0.25) is 5.91 Å². The molecular weight excluding hydrogens is 369 g/mol. The van der Waals surface area contributed by atoms with E-state index < -0.39 is 15.8 Å². The van der Waals surface area contributed by atoms with Crippen LogP contribution in [0.3, 0.4) is 0 Å². The van der Waals surface area contributed by atoms with E-state index in [1.54, 1.807) is 24.3 Å². The van der Waals surface area contributed by atoms with Crippen LogP contribution in [-0.4, -0.2) is 46.4 Å². The highest BCUT2D eigenvalue weighted by Crippen LogP contribution is 2.17. The second-order valence-corrected chi connectivity index (χ2v) is 8.12. The van der Waals surface area contributed by atoms with Gasteiger partial charge in [0.25, 0.3) is 10.0 Å². The van der Waals surface area contributed by atoms with Crippen LogP contribution in [0.15, 0.2) is 53.4 Å². The Morgan fingerprint density at radius 1 is 1.04 bits per heavy atom. The molecule has 2 aromatic rings. The minimum atomic E-state index is -3.79. The van der Waals surface area contributed by atoms with Crippen LogP contribution in [0.5, 0.6) is 0 Å². The maximum atomic E-state index is 12.9. The number of amides is 1. The fourth-order valence-corrected chi connectivity index (χ4v) is 3.45. The summed E-state index contributed by atoms with van der Waals surface area (Å²) in [5, 5.41) is 2.86. The monoisotopic (exact) mass is 393 g/mol. The second-order valence-electron chi connectivity index (χ2n) is 6.44. The van der Waals surface area contributed by atoms with Crippen LogP contribution < -0.4 is 10.0 Å². The molecule has 0 unspecified atom stereocenters. The lowest BCUT2D eigenvalue weighted by atomic mass is 10.1. The molecule has 0 bridgehead atoms. The first kappa shape index (κ1) is 20.9. The van der Waals surface area contributed by atoms with Crippen molar-refractivity contribution in [1.82, 2.24) is 10.2 Å². The first-order valence-corrected chi connectivity index (χ1v) is 10.0. The number of anilines is 1. The number of nitrogens with one attached hydrogen (secondary N) is 2. The van der Waals surface area contributed by atoms with E-state index in [1.165, 1.54) is 12.1 Å². The number of carbonyl (C=O) groups excluding carboxylic acids is 1. The number of halogens is 1. The van der Waals surface area contributed by atoms with E-state index in [0.717, 1.165) is 30.7 Å². The Labute approximate surface area is 159 Å². The quantitative estimate of drug-likeness (QED) is 0.641. The van der Waals surface area contributed by atoms with E-state index in [-0.39, 0.29) is 17.2 Å². The smallest absolute Gasteiger partial charge is 0.261 e.